The van der Waals surface area contributed by atoms with Crippen LogP contribution in [0.3, 0.4) is 0 Å². The Morgan fingerprint density at radius 3 is 2.40 bits per heavy atom. The molecule has 35 heavy (non-hydrogen) atoms. The number of nitrogens with zero attached hydrogens (tertiary/aromatic N) is 1. The fourth-order valence-electron chi connectivity index (χ4n) is 3.50. The minimum absolute atomic E-state index is 0.276. The van der Waals surface area contributed by atoms with E-state index in [1.54, 1.807) is 26.8 Å². The van der Waals surface area contributed by atoms with Crippen molar-refractivity contribution < 1.29 is 19.1 Å². The molecule has 3 amide bonds. The third-order valence-corrected chi connectivity index (χ3v) is 5.19. The summed E-state index contributed by atoms with van der Waals surface area (Å²) in [5.41, 5.74) is 1.80. The van der Waals surface area contributed by atoms with Crippen LogP contribution < -0.4 is 10.6 Å². The molecule has 0 radical (unpaired) electrons. The summed E-state index contributed by atoms with van der Waals surface area (Å²) in [6.07, 6.45) is 2.57. The van der Waals surface area contributed by atoms with E-state index in [0.29, 0.717) is 25.1 Å². The van der Waals surface area contributed by atoms with Crippen molar-refractivity contribution in [2.75, 3.05) is 13.1 Å². The second kappa shape index (κ2) is 13.3. The lowest BCUT2D eigenvalue weighted by Gasteiger charge is -2.32. The summed E-state index contributed by atoms with van der Waals surface area (Å²) in [6.45, 7) is 11.5. The van der Waals surface area contributed by atoms with Crippen LogP contribution in [-0.4, -0.2) is 41.5 Å². The van der Waals surface area contributed by atoms with Crippen molar-refractivity contribution in [2.24, 2.45) is 0 Å². The first-order valence-electron chi connectivity index (χ1n) is 11.9. The van der Waals surface area contributed by atoms with Gasteiger partial charge in [0.15, 0.2) is 0 Å². The Labute approximate surface area is 208 Å². The van der Waals surface area contributed by atoms with E-state index in [1.807, 2.05) is 61.5 Å². The molecule has 2 N–H and O–H groups in total. The van der Waals surface area contributed by atoms with E-state index < -0.39 is 17.7 Å². The predicted octanol–water partition coefficient (Wildman–Crippen LogP) is 4.84. The molecule has 0 aliphatic heterocycles. The third-order valence-electron chi connectivity index (χ3n) is 5.19. The van der Waals surface area contributed by atoms with Crippen molar-refractivity contribution in [2.45, 2.75) is 58.7 Å². The van der Waals surface area contributed by atoms with Crippen LogP contribution in [0.1, 0.15) is 63.3 Å². The summed E-state index contributed by atoms with van der Waals surface area (Å²) in [5.74, 6) is -0.662. The van der Waals surface area contributed by atoms with E-state index in [9.17, 15) is 14.4 Å². The van der Waals surface area contributed by atoms with E-state index in [1.165, 1.54) is 4.90 Å². The number of benzene rings is 2. The Kier molecular flexibility index (Phi) is 10.5. The number of ether oxygens (including phenoxy) is 1. The zero-order valence-electron chi connectivity index (χ0n) is 21.2. The topological polar surface area (TPSA) is 87.7 Å². The molecule has 2 aromatic carbocycles. The van der Waals surface area contributed by atoms with Crippen LogP contribution in [0.25, 0.3) is 6.08 Å². The molecule has 0 fully saturated rings. The van der Waals surface area contributed by atoms with Crippen LogP contribution in [0.4, 0.5) is 4.79 Å². The summed E-state index contributed by atoms with van der Waals surface area (Å²) in [6, 6.07) is 16.1. The number of carbonyl (C=O) groups is 3. The highest BCUT2D eigenvalue weighted by Gasteiger charge is 2.31. The third kappa shape index (κ3) is 9.27. The number of hydrogen-bond donors (Lipinski definition) is 2. The first-order valence-corrected chi connectivity index (χ1v) is 11.9. The van der Waals surface area contributed by atoms with Crippen molar-refractivity contribution in [1.82, 2.24) is 15.5 Å². The molecule has 188 valence electrons. The first-order chi connectivity index (χ1) is 16.6. The highest BCUT2D eigenvalue weighted by molar-refractivity contribution is 5.90. The summed E-state index contributed by atoms with van der Waals surface area (Å²) in [7, 11) is 0. The zero-order valence-corrected chi connectivity index (χ0v) is 21.2. The van der Waals surface area contributed by atoms with Crippen LogP contribution in [0.2, 0.25) is 0 Å². The molecule has 0 spiro atoms. The van der Waals surface area contributed by atoms with Gasteiger partial charge in [0.25, 0.3) is 0 Å². The van der Waals surface area contributed by atoms with Gasteiger partial charge in [-0.05, 0) is 49.9 Å². The Morgan fingerprint density at radius 1 is 1.06 bits per heavy atom. The summed E-state index contributed by atoms with van der Waals surface area (Å²) < 4.78 is 5.25. The SMILES string of the molecule is C=Cc1cccc(C(C(=O)NCc2ccccc2)N(CCCC)C(=O)CNC(=O)OC(C)(C)C)c1. The first kappa shape index (κ1) is 27.6. The second-order valence-corrected chi connectivity index (χ2v) is 9.28. The molecule has 1 unspecified atom stereocenters. The van der Waals surface area contributed by atoms with Gasteiger partial charge in [0.05, 0.1) is 0 Å². The number of amides is 3. The minimum Gasteiger partial charge on any atom is -0.444 e. The Balaban J connectivity index is 2.31. The summed E-state index contributed by atoms with van der Waals surface area (Å²) in [5, 5.41) is 5.49. The largest absolute Gasteiger partial charge is 0.444 e. The fourth-order valence-corrected chi connectivity index (χ4v) is 3.50. The van der Waals surface area contributed by atoms with Crippen LogP contribution in [0.15, 0.2) is 61.2 Å². The lowest BCUT2D eigenvalue weighted by atomic mass is 10.0. The standard InChI is InChI=1S/C28H37N3O4/c1-6-8-17-31(24(32)20-30-27(34)35-28(3,4)5)25(23-16-12-15-21(7-2)18-23)26(33)29-19-22-13-10-9-11-14-22/h7,9-16,18,25H,2,6,8,17,19-20H2,1,3-5H3,(H,29,33)(H,30,34). The van der Waals surface area contributed by atoms with Gasteiger partial charge in [0.2, 0.25) is 11.8 Å². The summed E-state index contributed by atoms with van der Waals surface area (Å²) >= 11 is 0. The maximum atomic E-state index is 13.5. The average Bonchev–Trinajstić information content (AvgIpc) is 2.83. The molecular weight excluding hydrogens is 442 g/mol. The number of nitrogens with one attached hydrogen (secondary N) is 2. The summed E-state index contributed by atoms with van der Waals surface area (Å²) in [4.78, 5) is 40.5. The highest BCUT2D eigenvalue weighted by atomic mass is 16.6. The van der Waals surface area contributed by atoms with Gasteiger partial charge in [0.1, 0.15) is 18.2 Å². The molecule has 2 rings (SSSR count). The van der Waals surface area contributed by atoms with E-state index in [0.717, 1.165) is 17.5 Å². The van der Waals surface area contributed by atoms with Crippen molar-refractivity contribution in [3.63, 3.8) is 0 Å². The Bertz CT molecular complexity index is 999. The molecule has 0 saturated heterocycles. The van der Waals surface area contributed by atoms with E-state index in [-0.39, 0.29) is 18.4 Å². The molecule has 0 saturated carbocycles. The number of rotatable bonds is 11. The normalized spacial score (nSPS) is 11.8. The van der Waals surface area contributed by atoms with Gasteiger partial charge >= 0.3 is 6.09 Å². The minimum atomic E-state index is -0.863. The maximum Gasteiger partial charge on any atom is 0.408 e. The van der Waals surface area contributed by atoms with E-state index >= 15 is 0 Å². The van der Waals surface area contributed by atoms with Crippen molar-refractivity contribution in [3.8, 4) is 0 Å². The Hall–Kier alpha value is -3.61. The van der Waals surface area contributed by atoms with Crippen LogP contribution in [0, 0.1) is 0 Å². The molecule has 0 aliphatic rings. The molecule has 7 heteroatoms. The molecular formula is C28H37N3O4. The number of unbranched alkanes of at least 4 members (excludes halogenated alkanes) is 1. The van der Waals surface area contributed by atoms with E-state index in [2.05, 4.69) is 17.2 Å². The van der Waals surface area contributed by atoms with Gasteiger partial charge in [-0.2, -0.15) is 0 Å². The lowest BCUT2D eigenvalue weighted by Crippen LogP contribution is -2.48. The molecule has 7 nitrogen and oxygen atoms in total. The van der Waals surface area contributed by atoms with Gasteiger partial charge < -0.3 is 20.3 Å². The van der Waals surface area contributed by atoms with Crippen LogP contribution in [-0.2, 0) is 20.9 Å². The Morgan fingerprint density at radius 2 is 1.77 bits per heavy atom. The predicted molar refractivity (Wildman–Crippen MR) is 138 cm³/mol. The molecule has 0 bridgehead atoms. The van der Waals surface area contributed by atoms with Gasteiger partial charge in [0, 0.05) is 13.1 Å². The van der Waals surface area contributed by atoms with E-state index in [4.69, 9.17) is 4.74 Å². The van der Waals surface area contributed by atoms with Gasteiger partial charge in [-0.3, -0.25) is 9.59 Å². The van der Waals surface area contributed by atoms with Crippen LogP contribution >= 0.6 is 0 Å². The fraction of sp³-hybridized carbons (Fsp3) is 0.393. The number of alkyl carbamates (subject to hydrolysis) is 1. The molecule has 0 heterocycles. The molecule has 1 atom stereocenters. The van der Waals surface area contributed by atoms with Crippen molar-refractivity contribution in [1.29, 1.82) is 0 Å². The van der Waals surface area contributed by atoms with Gasteiger partial charge in [-0.1, -0.05) is 74.5 Å². The molecule has 0 aliphatic carbocycles. The average molecular weight is 480 g/mol. The maximum absolute atomic E-state index is 13.5. The molecule has 2 aromatic rings. The van der Waals surface area contributed by atoms with Gasteiger partial charge in [-0.25, -0.2) is 4.79 Å². The highest BCUT2D eigenvalue weighted by Crippen LogP contribution is 2.24. The monoisotopic (exact) mass is 479 g/mol. The zero-order chi connectivity index (χ0) is 25.8. The number of hydrogen-bond acceptors (Lipinski definition) is 4. The smallest absolute Gasteiger partial charge is 0.408 e. The number of carbonyl (C=O) groups excluding carboxylic acids is 3. The second-order valence-electron chi connectivity index (χ2n) is 9.28. The van der Waals surface area contributed by atoms with Gasteiger partial charge in [-0.15, -0.1) is 0 Å². The quantitative estimate of drug-likeness (QED) is 0.483. The molecule has 0 aromatic heterocycles. The lowest BCUT2D eigenvalue weighted by molar-refractivity contribution is -0.140. The van der Waals surface area contributed by atoms with Crippen molar-refractivity contribution >= 4 is 24.0 Å². The van der Waals surface area contributed by atoms with Crippen LogP contribution in [0.5, 0.6) is 0 Å². The van der Waals surface area contributed by atoms with Crippen molar-refractivity contribution in [3.05, 3.63) is 77.9 Å².